The van der Waals surface area contributed by atoms with E-state index in [0.29, 0.717) is 10.6 Å². The number of hydrogen-bond acceptors (Lipinski definition) is 3. The van der Waals surface area contributed by atoms with E-state index >= 15 is 0 Å². The Bertz CT molecular complexity index is 333. The highest BCUT2D eigenvalue weighted by molar-refractivity contribution is 6.30. The molecule has 0 saturated heterocycles. The molecule has 0 aliphatic carbocycles. The zero-order chi connectivity index (χ0) is 11.8. The second-order valence-corrected chi connectivity index (χ2v) is 2.93. The molecule has 0 spiro atoms. The highest BCUT2D eigenvalue weighted by Crippen LogP contribution is 2.10. The molecule has 0 bridgehead atoms. The van der Waals surface area contributed by atoms with Crippen molar-refractivity contribution in [2.24, 2.45) is 0 Å². The van der Waals surface area contributed by atoms with Crippen molar-refractivity contribution in [3.8, 4) is 0 Å². The van der Waals surface area contributed by atoms with Gasteiger partial charge in [0.2, 0.25) is 5.90 Å². The maximum Gasteiger partial charge on any atom is 0.220 e. The molecule has 15 heavy (non-hydrogen) atoms. The molecule has 0 aliphatic rings. The van der Waals surface area contributed by atoms with Gasteiger partial charge in [-0.3, -0.25) is 10.8 Å². The van der Waals surface area contributed by atoms with Gasteiger partial charge in [-0.1, -0.05) is 25.4 Å². The molecule has 0 fully saturated rings. The van der Waals surface area contributed by atoms with E-state index < -0.39 is 0 Å². The van der Waals surface area contributed by atoms with Crippen LogP contribution in [-0.2, 0) is 4.74 Å². The number of benzene rings is 1. The van der Waals surface area contributed by atoms with Crippen molar-refractivity contribution in [1.82, 2.24) is 0 Å². The summed E-state index contributed by atoms with van der Waals surface area (Å²) in [5, 5.41) is 15.1. The fourth-order valence-electron chi connectivity index (χ4n) is 0.813. The van der Waals surface area contributed by atoms with Crippen molar-refractivity contribution in [2.75, 3.05) is 0 Å². The molecule has 0 atom stereocenters. The van der Waals surface area contributed by atoms with Crippen LogP contribution in [-0.4, -0.2) is 11.8 Å². The summed E-state index contributed by atoms with van der Waals surface area (Å²) in [4.78, 5) is 0. The topological polar surface area (TPSA) is 56.9 Å². The molecule has 0 heterocycles. The van der Waals surface area contributed by atoms with E-state index in [4.69, 9.17) is 27.2 Å². The lowest BCUT2D eigenvalue weighted by atomic mass is 10.2. The van der Waals surface area contributed by atoms with Gasteiger partial charge in [0.05, 0.1) is 0 Å². The molecular weight excluding hydrogens is 212 g/mol. The number of hydrogen-bond donors (Lipinski definition) is 2. The molecule has 0 saturated carbocycles. The second kappa shape index (κ2) is 7.01. The molecule has 82 valence electrons. The molecule has 1 aromatic rings. The van der Waals surface area contributed by atoms with Gasteiger partial charge in [-0.05, 0) is 24.3 Å². The Balaban J connectivity index is 0.000000921. The third kappa shape index (κ3) is 5.18. The van der Waals surface area contributed by atoms with Crippen LogP contribution < -0.4 is 0 Å². The molecule has 1 rings (SSSR count). The van der Waals surface area contributed by atoms with E-state index in [9.17, 15) is 0 Å². The minimum Gasteiger partial charge on any atom is -0.426 e. The fraction of sp³-hybridized carbons (Fsp3) is 0.273. The molecular formula is C11H15ClN2O. The van der Waals surface area contributed by atoms with Crippen LogP contribution in [0.25, 0.3) is 0 Å². The number of nitrogens with one attached hydrogen (secondary N) is 2. The van der Waals surface area contributed by atoms with Crippen LogP contribution in [0, 0.1) is 10.8 Å². The summed E-state index contributed by atoms with van der Waals surface area (Å²) in [6.45, 7) is 5.48. The molecule has 1 aromatic carbocycles. The molecule has 0 aromatic heterocycles. The summed E-state index contributed by atoms with van der Waals surface area (Å²) in [7, 11) is 0. The van der Waals surface area contributed by atoms with Crippen LogP contribution in [0.4, 0.5) is 0 Å². The van der Waals surface area contributed by atoms with E-state index in [1.807, 2.05) is 13.8 Å². The molecule has 2 N–H and O–H groups in total. The minimum atomic E-state index is -0.0378. The number of halogens is 1. The van der Waals surface area contributed by atoms with E-state index in [-0.39, 0.29) is 11.8 Å². The van der Waals surface area contributed by atoms with Crippen LogP contribution in [0.15, 0.2) is 24.3 Å². The van der Waals surface area contributed by atoms with Gasteiger partial charge < -0.3 is 4.74 Å². The summed E-state index contributed by atoms with van der Waals surface area (Å²) >= 11 is 5.67. The first-order valence-corrected chi connectivity index (χ1v) is 5.05. The average molecular weight is 227 g/mol. The summed E-state index contributed by atoms with van der Waals surface area (Å²) in [5.74, 6) is -0.0379. The van der Waals surface area contributed by atoms with Gasteiger partial charge in [0, 0.05) is 17.5 Å². The van der Waals surface area contributed by atoms with E-state index in [2.05, 4.69) is 0 Å². The summed E-state index contributed by atoms with van der Waals surface area (Å²) in [6, 6.07) is 6.70. The molecule has 3 nitrogen and oxygen atoms in total. The first-order chi connectivity index (χ1) is 7.09. The number of rotatable bonds is 1. The van der Waals surface area contributed by atoms with Crippen LogP contribution in [0.3, 0.4) is 0 Å². The van der Waals surface area contributed by atoms with Gasteiger partial charge in [0.15, 0.2) is 5.90 Å². The van der Waals surface area contributed by atoms with Crippen molar-refractivity contribution in [3.05, 3.63) is 34.9 Å². The van der Waals surface area contributed by atoms with E-state index in [1.54, 1.807) is 24.3 Å². The maximum atomic E-state index is 7.42. The number of ether oxygens (including phenoxy) is 1. The Kier molecular flexibility index (Phi) is 6.38. The average Bonchev–Trinajstić information content (AvgIpc) is 2.20. The third-order valence-corrected chi connectivity index (χ3v) is 1.61. The zero-order valence-electron chi connectivity index (χ0n) is 9.10. The van der Waals surface area contributed by atoms with E-state index in [0.717, 1.165) is 0 Å². The van der Waals surface area contributed by atoms with Crippen LogP contribution >= 0.6 is 11.6 Å². The van der Waals surface area contributed by atoms with Crippen molar-refractivity contribution < 1.29 is 4.74 Å². The Morgan fingerprint density at radius 3 is 2.00 bits per heavy atom. The third-order valence-electron chi connectivity index (χ3n) is 1.36. The molecule has 0 unspecified atom stereocenters. The molecule has 4 heteroatoms. The van der Waals surface area contributed by atoms with Crippen molar-refractivity contribution in [1.29, 1.82) is 10.8 Å². The molecule has 0 amide bonds. The highest BCUT2D eigenvalue weighted by atomic mass is 35.5. The van der Waals surface area contributed by atoms with Gasteiger partial charge in [0.25, 0.3) is 0 Å². The SMILES string of the molecule is CC.CC(=N)OC(=N)c1ccc(Cl)cc1. The van der Waals surface area contributed by atoms with Gasteiger partial charge in [-0.2, -0.15) is 0 Å². The fourth-order valence-corrected chi connectivity index (χ4v) is 0.939. The van der Waals surface area contributed by atoms with Crippen molar-refractivity contribution in [3.63, 3.8) is 0 Å². The van der Waals surface area contributed by atoms with Gasteiger partial charge in [-0.25, -0.2) is 0 Å². The normalized spacial score (nSPS) is 8.53. The van der Waals surface area contributed by atoms with Crippen LogP contribution in [0.2, 0.25) is 5.02 Å². The highest BCUT2D eigenvalue weighted by Gasteiger charge is 2.02. The summed E-state index contributed by atoms with van der Waals surface area (Å²) in [5.41, 5.74) is 0.607. The quantitative estimate of drug-likeness (QED) is 0.557. The molecule has 0 aliphatic heterocycles. The first kappa shape index (κ1) is 13.7. The smallest absolute Gasteiger partial charge is 0.220 e. The lowest BCUT2D eigenvalue weighted by Crippen LogP contribution is -2.08. The zero-order valence-corrected chi connectivity index (χ0v) is 9.85. The van der Waals surface area contributed by atoms with Crippen molar-refractivity contribution >= 4 is 23.4 Å². The minimum absolute atomic E-state index is 0.0000463. The Morgan fingerprint density at radius 1 is 1.13 bits per heavy atom. The summed E-state index contributed by atoms with van der Waals surface area (Å²) in [6.07, 6.45) is 0. The lowest BCUT2D eigenvalue weighted by Gasteiger charge is -2.04. The maximum absolute atomic E-state index is 7.42. The predicted molar refractivity (Wildman–Crippen MR) is 64.1 cm³/mol. The summed E-state index contributed by atoms with van der Waals surface area (Å²) < 4.78 is 4.80. The van der Waals surface area contributed by atoms with Crippen LogP contribution in [0.5, 0.6) is 0 Å². The standard InChI is InChI=1S/C9H9ClN2O.C2H6/c1-6(11)13-9(12)7-2-4-8(10)5-3-7;1-2/h2-5,11-12H,1H3;1-2H3. The van der Waals surface area contributed by atoms with Gasteiger partial charge in [0.1, 0.15) is 0 Å². The van der Waals surface area contributed by atoms with Gasteiger partial charge in [-0.15, -0.1) is 0 Å². The largest absolute Gasteiger partial charge is 0.426 e. The van der Waals surface area contributed by atoms with Gasteiger partial charge >= 0.3 is 0 Å². The molecule has 0 radical (unpaired) electrons. The van der Waals surface area contributed by atoms with Crippen molar-refractivity contribution in [2.45, 2.75) is 20.8 Å². The Morgan fingerprint density at radius 2 is 1.60 bits per heavy atom. The Hall–Kier alpha value is -1.35. The van der Waals surface area contributed by atoms with E-state index in [1.165, 1.54) is 6.92 Å². The second-order valence-electron chi connectivity index (χ2n) is 2.49. The first-order valence-electron chi connectivity index (χ1n) is 4.67. The lowest BCUT2D eigenvalue weighted by molar-refractivity contribution is 0.532. The Labute approximate surface area is 95.0 Å². The van der Waals surface area contributed by atoms with Crippen LogP contribution in [0.1, 0.15) is 26.3 Å². The monoisotopic (exact) mass is 226 g/mol. The predicted octanol–water partition coefficient (Wildman–Crippen LogP) is 3.71.